The van der Waals surface area contributed by atoms with Crippen molar-refractivity contribution in [3.8, 4) is 0 Å². The van der Waals surface area contributed by atoms with Gasteiger partial charge in [-0.2, -0.15) is 0 Å². The molecule has 0 saturated carbocycles. The summed E-state index contributed by atoms with van der Waals surface area (Å²) in [4.78, 5) is 25.3. The number of hydrogen-bond donors (Lipinski definition) is 1. The van der Waals surface area contributed by atoms with Crippen LogP contribution < -0.4 is 10.9 Å². The number of carbonyl (C=O) groups excluding carboxylic acids is 1. The molecule has 1 aliphatic carbocycles. The van der Waals surface area contributed by atoms with Gasteiger partial charge in [0.2, 0.25) is 0 Å². The number of pyridine rings is 1. The van der Waals surface area contributed by atoms with Crippen molar-refractivity contribution in [1.82, 2.24) is 4.57 Å². The third kappa shape index (κ3) is 3.31. The normalized spacial score (nSPS) is 12.6. The Morgan fingerprint density at radius 3 is 2.62 bits per heavy atom. The van der Waals surface area contributed by atoms with E-state index < -0.39 is 0 Å². The van der Waals surface area contributed by atoms with Crippen LogP contribution in [0.25, 0.3) is 0 Å². The lowest BCUT2D eigenvalue weighted by molar-refractivity contribution is 0.102. The highest BCUT2D eigenvalue weighted by atomic mass is 16.2. The van der Waals surface area contributed by atoms with Crippen LogP contribution in [0.15, 0.2) is 71.7 Å². The van der Waals surface area contributed by atoms with E-state index in [0.717, 1.165) is 30.5 Å². The van der Waals surface area contributed by atoms with E-state index in [-0.39, 0.29) is 17.0 Å². The number of benzene rings is 2. The predicted octanol–water partition coefficient (Wildman–Crippen LogP) is 3.64. The molecule has 0 bridgehead atoms. The second-order valence-corrected chi connectivity index (χ2v) is 6.63. The number of amides is 1. The van der Waals surface area contributed by atoms with Crippen LogP contribution in [0.4, 0.5) is 5.69 Å². The van der Waals surface area contributed by atoms with Gasteiger partial charge in [-0.15, -0.1) is 0 Å². The minimum Gasteiger partial charge on any atom is -0.322 e. The van der Waals surface area contributed by atoms with Crippen LogP contribution in [-0.4, -0.2) is 10.5 Å². The molecule has 1 N–H and O–H groups in total. The van der Waals surface area contributed by atoms with Crippen LogP contribution in [0, 0.1) is 0 Å². The fourth-order valence-electron chi connectivity index (χ4n) is 3.46. The molecule has 1 heterocycles. The average molecular weight is 344 g/mol. The minimum absolute atomic E-state index is 0.156. The Morgan fingerprint density at radius 1 is 0.962 bits per heavy atom. The molecule has 4 rings (SSSR count). The molecule has 26 heavy (non-hydrogen) atoms. The fraction of sp³-hybridized carbons (Fsp3) is 0.182. The zero-order valence-electron chi connectivity index (χ0n) is 14.4. The highest BCUT2D eigenvalue weighted by Gasteiger charge is 2.15. The molecule has 0 unspecified atom stereocenters. The Hall–Kier alpha value is -3.14. The maximum Gasteiger partial charge on any atom is 0.263 e. The Bertz CT molecular complexity index is 1010. The van der Waals surface area contributed by atoms with Gasteiger partial charge >= 0.3 is 0 Å². The summed E-state index contributed by atoms with van der Waals surface area (Å²) in [6.07, 6.45) is 5.03. The highest BCUT2D eigenvalue weighted by molar-refractivity contribution is 6.04. The van der Waals surface area contributed by atoms with E-state index in [9.17, 15) is 9.59 Å². The second kappa shape index (κ2) is 7.00. The molecule has 3 aromatic rings. The summed E-state index contributed by atoms with van der Waals surface area (Å²) in [6, 6.07) is 19.0. The van der Waals surface area contributed by atoms with Crippen molar-refractivity contribution in [2.45, 2.75) is 25.8 Å². The van der Waals surface area contributed by atoms with E-state index in [1.54, 1.807) is 22.9 Å². The molecule has 1 aromatic heterocycles. The number of anilines is 1. The first-order valence-corrected chi connectivity index (χ1v) is 8.87. The number of hydrogen-bond acceptors (Lipinski definition) is 2. The molecule has 130 valence electrons. The molecular weight excluding hydrogens is 324 g/mol. The quantitative estimate of drug-likeness (QED) is 0.786. The van der Waals surface area contributed by atoms with Crippen molar-refractivity contribution in [3.63, 3.8) is 0 Å². The fourth-order valence-corrected chi connectivity index (χ4v) is 3.46. The highest BCUT2D eigenvalue weighted by Crippen LogP contribution is 2.25. The number of aromatic nitrogens is 1. The van der Waals surface area contributed by atoms with Crippen LogP contribution >= 0.6 is 0 Å². The van der Waals surface area contributed by atoms with Gasteiger partial charge < -0.3 is 9.88 Å². The molecule has 0 radical (unpaired) electrons. The third-order valence-corrected chi connectivity index (χ3v) is 4.82. The van der Waals surface area contributed by atoms with Crippen molar-refractivity contribution < 1.29 is 4.79 Å². The molecule has 0 fully saturated rings. The topological polar surface area (TPSA) is 51.1 Å². The maximum absolute atomic E-state index is 12.7. The first-order valence-electron chi connectivity index (χ1n) is 8.87. The Kier molecular flexibility index (Phi) is 4.40. The van der Waals surface area contributed by atoms with Crippen molar-refractivity contribution in [1.29, 1.82) is 0 Å². The van der Waals surface area contributed by atoms with Gasteiger partial charge in [-0.3, -0.25) is 9.59 Å². The molecule has 4 nitrogen and oxygen atoms in total. The first-order chi connectivity index (χ1) is 12.7. The molecule has 0 aliphatic heterocycles. The second-order valence-electron chi connectivity index (χ2n) is 6.63. The Labute approximate surface area is 152 Å². The summed E-state index contributed by atoms with van der Waals surface area (Å²) in [5.74, 6) is -0.365. The first kappa shape index (κ1) is 16.3. The number of aryl methyl sites for hydroxylation is 2. The molecule has 2 aromatic carbocycles. The maximum atomic E-state index is 12.7. The standard InChI is InChI=1S/C22H20N2O2/c25-21(23-19-12-11-17-8-4-9-18(17)14-19)20-10-5-13-24(22(20)26)15-16-6-2-1-3-7-16/h1-3,5-7,10-14H,4,8-9,15H2,(H,23,25). The summed E-state index contributed by atoms with van der Waals surface area (Å²) in [5, 5.41) is 2.87. The molecule has 1 amide bonds. The van der Waals surface area contributed by atoms with Crippen molar-refractivity contribution >= 4 is 11.6 Å². The summed E-state index contributed by atoms with van der Waals surface area (Å²) in [5.41, 5.74) is 4.28. The summed E-state index contributed by atoms with van der Waals surface area (Å²) < 4.78 is 1.56. The molecular formula is C22H20N2O2. The van der Waals surface area contributed by atoms with Crippen LogP contribution in [0.1, 0.15) is 33.5 Å². The van der Waals surface area contributed by atoms with Crippen molar-refractivity contribution in [2.24, 2.45) is 0 Å². The monoisotopic (exact) mass is 344 g/mol. The summed E-state index contributed by atoms with van der Waals surface area (Å²) in [7, 11) is 0. The van der Waals surface area contributed by atoms with Gasteiger partial charge in [-0.05, 0) is 60.2 Å². The molecule has 0 atom stereocenters. The smallest absolute Gasteiger partial charge is 0.263 e. The van der Waals surface area contributed by atoms with Crippen LogP contribution in [-0.2, 0) is 19.4 Å². The Balaban J connectivity index is 1.56. The van der Waals surface area contributed by atoms with Gasteiger partial charge in [0.05, 0.1) is 6.54 Å². The van der Waals surface area contributed by atoms with E-state index in [4.69, 9.17) is 0 Å². The number of rotatable bonds is 4. The van der Waals surface area contributed by atoms with Gasteiger partial charge in [0, 0.05) is 11.9 Å². The van der Waals surface area contributed by atoms with Crippen LogP contribution in [0.5, 0.6) is 0 Å². The summed E-state index contributed by atoms with van der Waals surface area (Å²) in [6.45, 7) is 0.444. The SMILES string of the molecule is O=C(Nc1ccc2c(c1)CCC2)c1cccn(Cc2ccccc2)c1=O. The third-order valence-electron chi connectivity index (χ3n) is 4.82. The van der Waals surface area contributed by atoms with E-state index in [1.807, 2.05) is 42.5 Å². The zero-order chi connectivity index (χ0) is 17.9. The van der Waals surface area contributed by atoms with Gasteiger partial charge in [-0.1, -0.05) is 36.4 Å². The van der Waals surface area contributed by atoms with Crippen molar-refractivity contribution in [2.75, 3.05) is 5.32 Å². The largest absolute Gasteiger partial charge is 0.322 e. The lowest BCUT2D eigenvalue weighted by Crippen LogP contribution is -2.29. The zero-order valence-corrected chi connectivity index (χ0v) is 14.4. The van der Waals surface area contributed by atoms with Gasteiger partial charge in [0.15, 0.2) is 0 Å². The van der Waals surface area contributed by atoms with E-state index in [1.165, 1.54) is 11.1 Å². The summed E-state index contributed by atoms with van der Waals surface area (Å²) >= 11 is 0. The van der Waals surface area contributed by atoms with Gasteiger partial charge in [-0.25, -0.2) is 0 Å². The average Bonchev–Trinajstić information content (AvgIpc) is 3.12. The van der Waals surface area contributed by atoms with Gasteiger partial charge in [0.25, 0.3) is 11.5 Å². The number of nitrogens with one attached hydrogen (secondary N) is 1. The van der Waals surface area contributed by atoms with Gasteiger partial charge in [0.1, 0.15) is 5.56 Å². The molecule has 0 spiro atoms. The van der Waals surface area contributed by atoms with E-state index in [2.05, 4.69) is 11.4 Å². The number of carbonyl (C=O) groups is 1. The molecule has 4 heteroatoms. The minimum atomic E-state index is -0.365. The number of fused-ring (bicyclic) bond motifs is 1. The van der Waals surface area contributed by atoms with Crippen LogP contribution in [0.2, 0.25) is 0 Å². The van der Waals surface area contributed by atoms with E-state index in [0.29, 0.717) is 6.54 Å². The lowest BCUT2D eigenvalue weighted by atomic mass is 10.1. The predicted molar refractivity (Wildman–Crippen MR) is 103 cm³/mol. The lowest BCUT2D eigenvalue weighted by Gasteiger charge is -2.10. The molecule has 0 saturated heterocycles. The Morgan fingerprint density at radius 2 is 1.77 bits per heavy atom. The van der Waals surface area contributed by atoms with Crippen LogP contribution in [0.3, 0.4) is 0 Å². The molecule has 1 aliphatic rings. The van der Waals surface area contributed by atoms with E-state index >= 15 is 0 Å². The number of nitrogens with zero attached hydrogens (tertiary/aromatic N) is 1. The van der Waals surface area contributed by atoms with Crippen molar-refractivity contribution in [3.05, 3.63) is 99.5 Å².